The first kappa shape index (κ1) is 23.4. The van der Waals surface area contributed by atoms with Crippen molar-refractivity contribution in [2.45, 2.75) is 37.0 Å². The second-order valence-electron chi connectivity index (χ2n) is 9.05. The van der Waals surface area contributed by atoms with E-state index in [2.05, 4.69) is 5.32 Å². The molecular formula is C24H30N2O6S. The molecule has 2 aliphatic rings. The summed E-state index contributed by atoms with van der Waals surface area (Å²) in [6.45, 7) is 5.31. The van der Waals surface area contributed by atoms with Crippen LogP contribution in [0.1, 0.15) is 32.3 Å². The van der Waals surface area contributed by atoms with E-state index in [4.69, 9.17) is 14.2 Å². The van der Waals surface area contributed by atoms with Crippen LogP contribution < -0.4 is 19.5 Å². The Kier molecular flexibility index (Phi) is 6.54. The molecule has 8 nitrogen and oxygen atoms in total. The minimum absolute atomic E-state index is 0.126. The van der Waals surface area contributed by atoms with Crippen molar-refractivity contribution in [3.8, 4) is 17.2 Å². The Balaban J connectivity index is 1.39. The van der Waals surface area contributed by atoms with Gasteiger partial charge in [-0.25, -0.2) is 8.42 Å². The van der Waals surface area contributed by atoms with Crippen LogP contribution in [-0.2, 0) is 20.2 Å². The minimum Gasteiger partial charge on any atom is -0.497 e. The third-order valence-electron chi connectivity index (χ3n) is 6.31. The van der Waals surface area contributed by atoms with Gasteiger partial charge in [-0.05, 0) is 54.8 Å². The smallest absolute Gasteiger partial charge is 0.243 e. The van der Waals surface area contributed by atoms with E-state index in [-0.39, 0.29) is 35.5 Å². The van der Waals surface area contributed by atoms with Gasteiger partial charge in [0.25, 0.3) is 0 Å². The number of piperidine rings is 1. The van der Waals surface area contributed by atoms with Gasteiger partial charge in [-0.1, -0.05) is 19.9 Å². The zero-order chi connectivity index (χ0) is 23.6. The number of ether oxygens (including phenoxy) is 3. The van der Waals surface area contributed by atoms with Crippen LogP contribution in [0.4, 0.5) is 0 Å². The number of nitrogens with zero attached hydrogens (tertiary/aromatic N) is 1. The van der Waals surface area contributed by atoms with Crippen LogP contribution in [0.2, 0.25) is 0 Å². The summed E-state index contributed by atoms with van der Waals surface area (Å²) < 4.78 is 43.5. The number of amides is 1. The van der Waals surface area contributed by atoms with Crippen molar-refractivity contribution in [1.29, 1.82) is 0 Å². The molecule has 4 rings (SSSR count). The normalized spacial score (nSPS) is 18.7. The van der Waals surface area contributed by atoms with Crippen LogP contribution in [0.3, 0.4) is 0 Å². The lowest BCUT2D eigenvalue weighted by atomic mass is 9.84. The summed E-state index contributed by atoms with van der Waals surface area (Å²) in [5.74, 6) is 1.50. The van der Waals surface area contributed by atoms with E-state index in [1.54, 1.807) is 12.1 Å². The molecule has 9 heteroatoms. The van der Waals surface area contributed by atoms with Crippen molar-refractivity contribution in [2.75, 3.05) is 33.5 Å². The Morgan fingerprint density at radius 2 is 1.88 bits per heavy atom. The van der Waals surface area contributed by atoms with E-state index in [1.807, 2.05) is 32.0 Å². The predicted octanol–water partition coefficient (Wildman–Crippen LogP) is 2.92. The number of hydrogen-bond donors (Lipinski definition) is 1. The standard InChI is InChI=1S/C24H30N2O6S/c1-24(2,18-6-11-21-22(13-18)32-16-31-21)15-25-23(27)17-5-4-12-26(14-17)33(28,29)20-9-7-19(30-3)8-10-20/h6-11,13,17H,4-5,12,14-16H2,1-3H3,(H,25,27). The predicted molar refractivity (Wildman–Crippen MR) is 123 cm³/mol. The highest BCUT2D eigenvalue weighted by Crippen LogP contribution is 2.36. The SMILES string of the molecule is COc1ccc(S(=O)(=O)N2CCCC(C(=O)NCC(C)(C)c3ccc4c(c3)OCO4)C2)cc1. The van der Waals surface area contributed by atoms with Crippen molar-refractivity contribution in [2.24, 2.45) is 5.92 Å². The maximum atomic E-state index is 13.1. The van der Waals surface area contributed by atoms with Crippen LogP contribution in [0.5, 0.6) is 17.2 Å². The van der Waals surface area contributed by atoms with Gasteiger partial charge in [0.05, 0.1) is 17.9 Å². The summed E-state index contributed by atoms with van der Waals surface area (Å²) in [5, 5.41) is 3.04. The van der Waals surface area contributed by atoms with E-state index in [0.717, 1.165) is 11.3 Å². The quantitative estimate of drug-likeness (QED) is 0.663. The molecule has 1 saturated heterocycles. The molecule has 1 atom stereocenters. The zero-order valence-electron chi connectivity index (χ0n) is 19.2. The fourth-order valence-corrected chi connectivity index (χ4v) is 5.67. The van der Waals surface area contributed by atoms with Gasteiger partial charge >= 0.3 is 0 Å². The van der Waals surface area contributed by atoms with Gasteiger partial charge in [-0.2, -0.15) is 4.31 Å². The van der Waals surface area contributed by atoms with Crippen molar-refractivity contribution in [3.63, 3.8) is 0 Å². The first-order valence-corrected chi connectivity index (χ1v) is 12.5. The number of methoxy groups -OCH3 is 1. The van der Waals surface area contributed by atoms with E-state index in [9.17, 15) is 13.2 Å². The summed E-state index contributed by atoms with van der Waals surface area (Å²) in [7, 11) is -2.14. The molecule has 1 fully saturated rings. The summed E-state index contributed by atoms with van der Waals surface area (Å²) in [6, 6.07) is 12.1. The highest BCUT2D eigenvalue weighted by Gasteiger charge is 2.34. The number of rotatable bonds is 7. The van der Waals surface area contributed by atoms with Crippen molar-refractivity contribution >= 4 is 15.9 Å². The molecule has 0 aliphatic carbocycles. The molecule has 2 heterocycles. The molecule has 2 aliphatic heterocycles. The second-order valence-corrected chi connectivity index (χ2v) is 11.0. The first-order valence-electron chi connectivity index (χ1n) is 11.0. The minimum atomic E-state index is -3.67. The molecule has 0 aromatic heterocycles. The highest BCUT2D eigenvalue weighted by atomic mass is 32.2. The number of carbonyl (C=O) groups is 1. The maximum absolute atomic E-state index is 13.1. The molecule has 0 spiro atoms. The number of hydrogen-bond acceptors (Lipinski definition) is 6. The average Bonchev–Trinajstić information content (AvgIpc) is 3.31. The monoisotopic (exact) mass is 474 g/mol. The van der Waals surface area contributed by atoms with Gasteiger partial charge in [0, 0.05) is 25.0 Å². The average molecular weight is 475 g/mol. The fourth-order valence-electron chi connectivity index (χ4n) is 4.14. The number of fused-ring (bicyclic) bond motifs is 1. The molecule has 2 aromatic rings. The summed E-state index contributed by atoms with van der Waals surface area (Å²) >= 11 is 0. The highest BCUT2D eigenvalue weighted by molar-refractivity contribution is 7.89. The molecule has 0 saturated carbocycles. The van der Waals surface area contributed by atoms with E-state index in [0.29, 0.717) is 37.4 Å². The molecule has 2 aromatic carbocycles. The number of benzene rings is 2. The van der Waals surface area contributed by atoms with Crippen LogP contribution in [0.15, 0.2) is 47.4 Å². The molecule has 33 heavy (non-hydrogen) atoms. The Labute approximate surface area is 194 Å². The Morgan fingerprint density at radius 1 is 1.15 bits per heavy atom. The van der Waals surface area contributed by atoms with Crippen LogP contribution >= 0.6 is 0 Å². The second kappa shape index (κ2) is 9.23. The molecule has 0 radical (unpaired) electrons. The summed E-state index contributed by atoms with van der Waals surface area (Å²) in [5.41, 5.74) is 0.694. The van der Waals surface area contributed by atoms with E-state index < -0.39 is 10.0 Å². The third kappa shape index (κ3) is 4.94. The maximum Gasteiger partial charge on any atom is 0.243 e. The van der Waals surface area contributed by atoms with Crippen molar-refractivity contribution in [1.82, 2.24) is 9.62 Å². The van der Waals surface area contributed by atoms with Gasteiger partial charge in [-0.3, -0.25) is 4.79 Å². The van der Waals surface area contributed by atoms with Gasteiger partial charge in [-0.15, -0.1) is 0 Å². The Bertz CT molecular complexity index is 1110. The number of carbonyl (C=O) groups excluding carboxylic acids is 1. The molecule has 1 unspecified atom stereocenters. The van der Waals surface area contributed by atoms with Gasteiger partial charge < -0.3 is 19.5 Å². The summed E-state index contributed by atoms with van der Waals surface area (Å²) in [6.07, 6.45) is 1.30. The fraction of sp³-hybridized carbons (Fsp3) is 0.458. The van der Waals surface area contributed by atoms with Crippen LogP contribution in [0.25, 0.3) is 0 Å². The number of nitrogens with one attached hydrogen (secondary N) is 1. The van der Waals surface area contributed by atoms with Crippen LogP contribution in [-0.4, -0.2) is 52.2 Å². The first-order chi connectivity index (χ1) is 15.7. The molecule has 1 amide bonds. The van der Waals surface area contributed by atoms with Gasteiger partial charge in [0.1, 0.15) is 5.75 Å². The van der Waals surface area contributed by atoms with Crippen molar-refractivity contribution in [3.05, 3.63) is 48.0 Å². The Hall–Kier alpha value is -2.78. The third-order valence-corrected chi connectivity index (χ3v) is 8.19. The molecule has 178 valence electrons. The van der Waals surface area contributed by atoms with Crippen LogP contribution in [0, 0.1) is 5.92 Å². The van der Waals surface area contributed by atoms with Gasteiger partial charge in [0.2, 0.25) is 22.7 Å². The zero-order valence-corrected chi connectivity index (χ0v) is 20.0. The lowest BCUT2D eigenvalue weighted by Gasteiger charge is -2.32. The lowest BCUT2D eigenvalue weighted by molar-refractivity contribution is -0.126. The lowest BCUT2D eigenvalue weighted by Crippen LogP contribution is -2.47. The molecule has 0 bridgehead atoms. The van der Waals surface area contributed by atoms with E-state index in [1.165, 1.54) is 23.5 Å². The van der Waals surface area contributed by atoms with Gasteiger partial charge in [0.15, 0.2) is 11.5 Å². The van der Waals surface area contributed by atoms with Crippen molar-refractivity contribution < 1.29 is 27.4 Å². The Morgan fingerprint density at radius 3 is 2.61 bits per heavy atom. The topological polar surface area (TPSA) is 94.2 Å². The summed E-state index contributed by atoms with van der Waals surface area (Å²) in [4.78, 5) is 13.2. The number of sulfonamides is 1. The largest absolute Gasteiger partial charge is 0.497 e. The molecule has 1 N–H and O–H groups in total. The van der Waals surface area contributed by atoms with E-state index >= 15 is 0 Å². The molecular weight excluding hydrogens is 444 g/mol.